The topological polar surface area (TPSA) is 65.6 Å². The standard InChI is InChI=1S/C40H56N6O4.2BrH/c47-37-31-11-9-13-33(49-29-7-3-1-5-23-45-25-19-41-15-16-42(20-26-45)39(41)45)35(31)38(48)36-32(37)12-10-14-34(36)50-30-8-4-2-6-24-46-27-21-43-17-18-44(22-28-46)40(43)46;;/h9-14,39-40H,1-8,15-30H2;2*1H/q+2;;/p-2. The minimum absolute atomic E-state index is 0. The van der Waals surface area contributed by atoms with E-state index in [2.05, 4.69) is 19.6 Å². The molecule has 10 nitrogen and oxygen atoms in total. The van der Waals surface area contributed by atoms with Crippen molar-refractivity contribution in [2.45, 2.75) is 63.9 Å². The number of carbonyl (C=O) groups excluding carboxylic acids is 2. The molecule has 7 aliphatic rings. The molecule has 52 heavy (non-hydrogen) atoms. The maximum atomic E-state index is 14.0. The van der Waals surface area contributed by atoms with E-state index in [9.17, 15) is 9.59 Å². The van der Waals surface area contributed by atoms with Crippen LogP contribution in [0.25, 0.3) is 0 Å². The second-order valence-electron chi connectivity index (χ2n) is 16.2. The highest BCUT2D eigenvalue weighted by Crippen LogP contribution is 2.39. The molecule has 12 heteroatoms. The first-order chi connectivity index (χ1) is 24.6. The summed E-state index contributed by atoms with van der Waals surface area (Å²) < 4.78 is 15.0. The van der Waals surface area contributed by atoms with Gasteiger partial charge in [0.05, 0.1) is 89.8 Å². The van der Waals surface area contributed by atoms with E-state index in [1.165, 1.54) is 126 Å². The smallest absolute Gasteiger partial charge is 0.205 e. The zero-order valence-corrected chi connectivity index (χ0v) is 33.8. The Bertz CT molecular complexity index is 1480. The van der Waals surface area contributed by atoms with E-state index in [-0.39, 0.29) is 45.5 Å². The first kappa shape index (κ1) is 38.4. The van der Waals surface area contributed by atoms with Gasteiger partial charge in [0.2, 0.25) is 18.4 Å². The minimum atomic E-state index is -0.166. The number of unbranched alkanes of at least 4 members (excludes halogenated alkanes) is 6. The van der Waals surface area contributed by atoms with Crippen LogP contribution in [0.4, 0.5) is 0 Å². The van der Waals surface area contributed by atoms with Crippen molar-refractivity contribution < 1.29 is 62.0 Å². The predicted molar refractivity (Wildman–Crippen MR) is 191 cm³/mol. The lowest BCUT2D eigenvalue weighted by molar-refractivity contribution is -0.936. The van der Waals surface area contributed by atoms with Crippen LogP contribution in [0, 0.1) is 0 Å². The fraction of sp³-hybridized carbons (Fsp3) is 0.650. The molecule has 0 unspecified atom stereocenters. The number of benzene rings is 2. The molecule has 2 aromatic carbocycles. The molecule has 0 aromatic heterocycles. The summed E-state index contributed by atoms with van der Waals surface area (Å²) in [6, 6.07) is 10.9. The lowest BCUT2D eigenvalue weighted by atomic mass is 9.83. The average Bonchev–Trinajstić information content (AvgIpc) is 3.97. The third-order valence-electron chi connectivity index (χ3n) is 13.5. The van der Waals surface area contributed by atoms with Gasteiger partial charge in [0, 0.05) is 37.3 Å². The highest BCUT2D eigenvalue weighted by atomic mass is 79.9. The van der Waals surface area contributed by atoms with Gasteiger partial charge < -0.3 is 43.4 Å². The molecule has 6 heterocycles. The number of ether oxygens (including phenoxy) is 2. The van der Waals surface area contributed by atoms with Gasteiger partial charge in [-0.2, -0.15) is 0 Å². The number of rotatable bonds is 16. The van der Waals surface area contributed by atoms with Crippen LogP contribution in [-0.4, -0.2) is 158 Å². The van der Waals surface area contributed by atoms with Gasteiger partial charge in [-0.25, -0.2) is 19.6 Å². The van der Waals surface area contributed by atoms with Gasteiger partial charge in [-0.05, 0) is 63.5 Å². The molecule has 0 radical (unpaired) electrons. The summed E-state index contributed by atoms with van der Waals surface area (Å²) in [6.07, 6.45) is 10.3. The molecule has 0 amide bonds. The van der Waals surface area contributed by atoms with Gasteiger partial charge in [-0.15, -0.1) is 0 Å². The Hall–Kier alpha value is -1.90. The Morgan fingerprint density at radius 2 is 0.885 bits per heavy atom. The summed E-state index contributed by atoms with van der Waals surface area (Å²) in [7, 11) is 0. The first-order valence-electron chi connectivity index (χ1n) is 19.9. The second kappa shape index (κ2) is 16.1. The maximum absolute atomic E-state index is 14.0. The summed E-state index contributed by atoms with van der Waals surface area (Å²) in [5.41, 5.74) is 1.65. The zero-order valence-electron chi connectivity index (χ0n) is 30.7. The van der Waals surface area contributed by atoms with E-state index in [1.54, 1.807) is 12.1 Å². The fourth-order valence-electron chi connectivity index (χ4n) is 11.0. The highest BCUT2D eigenvalue weighted by Gasteiger charge is 2.58. The summed E-state index contributed by atoms with van der Waals surface area (Å²) in [5, 5.41) is 0. The quantitative estimate of drug-likeness (QED) is 0.120. The predicted octanol–water partition coefficient (Wildman–Crippen LogP) is -2.16. The van der Waals surface area contributed by atoms with Crippen molar-refractivity contribution in [3.8, 4) is 11.5 Å². The van der Waals surface area contributed by atoms with E-state index >= 15 is 0 Å². The van der Waals surface area contributed by atoms with Gasteiger partial charge in [0.25, 0.3) is 0 Å². The Morgan fingerprint density at radius 1 is 0.500 bits per heavy atom. The lowest BCUT2D eigenvalue weighted by Gasteiger charge is -2.34. The molecule has 6 saturated heterocycles. The van der Waals surface area contributed by atoms with Crippen LogP contribution < -0.4 is 43.4 Å². The molecule has 6 fully saturated rings. The molecule has 0 saturated carbocycles. The molecule has 9 rings (SSSR count). The molecule has 0 spiro atoms. The Balaban J connectivity index is 0.00000210. The molecule has 6 aliphatic heterocycles. The monoisotopic (exact) mass is 842 g/mol. The largest absolute Gasteiger partial charge is 1.00 e. The number of carbonyl (C=O) groups is 2. The van der Waals surface area contributed by atoms with Gasteiger partial charge in [-0.3, -0.25) is 18.6 Å². The SMILES string of the molecule is O=C1c2cccc(OCCCCCC[N+]34CCN5CCN(CC3)C54)c2C(=O)c2c(OCCCCCC[N+]34CCN5CCN(CC3)C54)cccc21.[Br-].[Br-]. The second-order valence-corrected chi connectivity index (χ2v) is 16.2. The molecule has 0 bridgehead atoms. The van der Waals surface area contributed by atoms with E-state index in [0.717, 1.165) is 25.7 Å². The Kier molecular flexibility index (Phi) is 11.9. The maximum Gasteiger partial charge on any atom is 0.205 e. The summed E-state index contributed by atoms with van der Waals surface area (Å²) in [6.45, 7) is 18.9. The highest BCUT2D eigenvalue weighted by molar-refractivity contribution is 6.30. The van der Waals surface area contributed by atoms with Crippen molar-refractivity contribution in [1.82, 2.24) is 19.6 Å². The van der Waals surface area contributed by atoms with Crippen molar-refractivity contribution in [3.05, 3.63) is 58.7 Å². The molecule has 0 N–H and O–H groups in total. The van der Waals surface area contributed by atoms with Gasteiger partial charge in [0.1, 0.15) is 11.5 Å². The van der Waals surface area contributed by atoms with Crippen LogP contribution in [0.2, 0.25) is 0 Å². The van der Waals surface area contributed by atoms with Gasteiger partial charge in [0.15, 0.2) is 5.78 Å². The fourth-order valence-corrected chi connectivity index (χ4v) is 11.0. The average molecular weight is 845 g/mol. The van der Waals surface area contributed by atoms with Crippen molar-refractivity contribution in [1.29, 1.82) is 0 Å². The minimum Gasteiger partial charge on any atom is -1.00 e. The third kappa shape index (κ3) is 6.71. The van der Waals surface area contributed by atoms with Gasteiger partial charge >= 0.3 is 0 Å². The summed E-state index contributed by atoms with van der Waals surface area (Å²) in [5.74, 6) is 0.737. The molecule has 0 atom stereocenters. The molecule has 1 aliphatic carbocycles. The normalized spacial score (nSPS) is 28.8. The number of halogens is 2. The van der Waals surface area contributed by atoms with Crippen molar-refractivity contribution in [3.63, 3.8) is 0 Å². The number of fused-ring (bicyclic) bond motifs is 2. The van der Waals surface area contributed by atoms with Crippen LogP contribution in [0.3, 0.4) is 0 Å². The molecule has 284 valence electrons. The number of nitrogens with zero attached hydrogens (tertiary/aromatic N) is 6. The number of quaternary nitrogens is 2. The van der Waals surface area contributed by atoms with Crippen molar-refractivity contribution in [2.75, 3.05) is 105 Å². The summed E-state index contributed by atoms with van der Waals surface area (Å²) in [4.78, 5) is 38.5. The number of hydrogen-bond acceptors (Lipinski definition) is 8. The Labute approximate surface area is 330 Å². The Morgan fingerprint density at radius 3 is 1.29 bits per heavy atom. The van der Waals surface area contributed by atoms with Crippen LogP contribution in [0.5, 0.6) is 11.5 Å². The number of ketones is 2. The first-order valence-corrected chi connectivity index (χ1v) is 19.9. The lowest BCUT2D eigenvalue weighted by Crippen LogP contribution is -3.00. The van der Waals surface area contributed by atoms with Crippen molar-refractivity contribution >= 4 is 11.6 Å². The van der Waals surface area contributed by atoms with E-state index in [1.807, 2.05) is 24.3 Å². The van der Waals surface area contributed by atoms with E-state index in [0.29, 0.717) is 59.5 Å². The van der Waals surface area contributed by atoms with Crippen LogP contribution in [0.1, 0.15) is 83.2 Å². The van der Waals surface area contributed by atoms with E-state index in [4.69, 9.17) is 9.47 Å². The van der Waals surface area contributed by atoms with Crippen LogP contribution in [0.15, 0.2) is 36.4 Å². The van der Waals surface area contributed by atoms with Gasteiger partial charge in [-0.1, -0.05) is 24.3 Å². The van der Waals surface area contributed by atoms with Crippen LogP contribution in [-0.2, 0) is 0 Å². The van der Waals surface area contributed by atoms with E-state index < -0.39 is 0 Å². The summed E-state index contributed by atoms with van der Waals surface area (Å²) >= 11 is 0. The molecular weight excluding hydrogens is 788 g/mol. The zero-order chi connectivity index (χ0) is 33.7. The van der Waals surface area contributed by atoms with Crippen molar-refractivity contribution in [2.24, 2.45) is 0 Å². The number of hydrogen-bond donors (Lipinski definition) is 0. The van der Waals surface area contributed by atoms with Crippen LogP contribution >= 0.6 is 0 Å². The molecule has 2 aromatic rings. The molecular formula is C40H56Br2N6O4. The third-order valence-corrected chi connectivity index (χ3v) is 13.5.